The van der Waals surface area contributed by atoms with Gasteiger partial charge >= 0.3 is 0 Å². The fourth-order valence-corrected chi connectivity index (χ4v) is 5.12. The van der Waals surface area contributed by atoms with Crippen molar-refractivity contribution in [2.45, 2.75) is 57.0 Å². The molecule has 2 N–H and O–H groups in total. The SMILES string of the molecule is CN(C)c1cc(N[C@H]2CC[C@@H](NC(=O)CCCc3cccs3)CC2)nc2ccccc12. The predicted molar refractivity (Wildman–Crippen MR) is 131 cm³/mol. The minimum Gasteiger partial charge on any atom is -0.377 e. The Kier molecular flexibility index (Phi) is 7.07. The van der Waals surface area contributed by atoms with Crippen LogP contribution in [0.25, 0.3) is 10.9 Å². The largest absolute Gasteiger partial charge is 0.377 e. The van der Waals surface area contributed by atoms with Gasteiger partial charge in [-0.1, -0.05) is 24.3 Å². The van der Waals surface area contributed by atoms with Crippen LogP contribution < -0.4 is 15.5 Å². The van der Waals surface area contributed by atoms with E-state index in [4.69, 9.17) is 4.98 Å². The zero-order valence-corrected chi connectivity index (χ0v) is 19.3. The van der Waals surface area contributed by atoms with Crippen molar-refractivity contribution in [3.8, 4) is 0 Å². The van der Waals surface area contributed by atoms with Gasteiger partial charge in [0.05, 0.1) is 5.52 Å². The van der Waals surface area contributed by atoms with Crippen molar-refractivity contribution in [2.75, 3.05) is 24.3 Å². The summed E-state index contributed by atoms with van der Waals surface area (Å²) in [4.78, 5) is 20.6. The highest BCUT2D eigenvalue weighted by Gasteiger charge is 2.23. The number of aromatic nitrogens is 1. The molecule has 2 aromatic heterocycles. The molecule has 1 saturated carbocycles. The van der Waals surface area contributed by atoms with E-state index in [9.17, 15) is 4.79 Å². The van der Waals surface area contributed by atoms with Gasteiger partial charge in [0.2, 0.25) is 5.91 Å². The molecule has 31 heavy (non-hydrogen) atoms. The van der Waals surface area contributed by atoms with Gasteiger partial charge in [-0.25, -0.2) is 4.98 Å². The normalized spacial score (nSPS) is 18.6. The van der Waals surface area contributed by atoms with Crippen LogP contribution in [0, 0.1) is 0 Å². The Labute approximate surface area is 188 Å². The van der Waals surface area contributed by atoms with Gasteiger partial charge in [-0.05, 0) is 56.0 Å². The van der Waals surface area contributed by atoms with Crippen molar-refractivity contribution in [3.05, 3.63) is 52.7 Å². The minimum absolute atomic E-state index is 0.194. The second-order valence-electron chi connectivity index (χ2n) is 8.63. The number of benzene rings is 1. The molecule has 164 valence electrons. The van der Waals surface area contributed by atoms with E-state index in [1.807, 2.05) is 6.07 Å². The van der Waals surface area contributed by atoms with Crippen LogP contribution in [0.5, 0.6) is 0 Å². The van der Waals surface area contributed by atoms with Crippen LogP contribution in [0.2, 0.25) is 0 Å². The number of anilines is 2. The zero-order valence-electron chi connectivity index (χ0n) is 18.4. The molecule has 1 fully saturated rings. The van der Waals surface area contributed by atoms with Gasteiger partial charge in [0.25, 0.3) is 0 Å². The maximum atomic E-state index is 12.3. The Morgan fingerprint density at radius 1 is 1.10 bits per heavy atom. The van der Waals surface area contributed by atoms with Crippen molar-refractivity contribution in [1.82, 2.24) is 10.3 Å². The van der Waals surface area contributed by atoms with Gasteiger partial charge in [-0.3, -0.25) is 4.79 Å². The number of aryl methyl sites for hydroxylation is 1. The second-order valence-corrected chi connectivity index (χ2v) is 9.66. The molecular weight excluding hydrogens is 404 g/mol. The quantitative estimate of drug-likeness (QED) is 0.508. The summed E-state index contributed by atoms with van der Waals surface area (Å²) in [5, 5.41) is 10.2. The lowest BCUT2D eigenvalue weighted by Gasteiger charge is -2.30. The highest BCUT2D eigenvalue weighted by molar-refractivity contribution is 7.09. The molecule has 0 aliphatic heterocycles. The summed E-state index contributed by atoms with van der Waals surface area (Å²) in [6.45, 7) is 0. The highest BCUT2D eigenvalue weighted by atomic mass is 32.1. The summed E-state index contributed by atoms with van der Waals surface area (Å²) in [6.07, 6.45) is 6.66. The van der Waals surface area contributed by atoms with Gasteiger partial charge in [0.15, 0.2) is 0 Å². The molecule has 0 saturated heterocycles. The maximum absolute atomic E-state index is 12.3. The van der Waals surface area contributed by atoms with Gasteiger partial charge in [0, 0.05) is 54.6 Å². The smallest absolute Gasteiger partial charge is 0.220 e. The topological polar surface area (TPSA) is 57.3 Å². The molecule has 1 amide bonds. The summed E-state index contributed by atoms with van der Waals surface area (Å²) in [7, 11) is 4.14. The molecule has 0 atom stereocenters. The molecule has 1 aliphatic carbocycles. The van der Waals surface area contributed by atoms with Gasteiger partial charge in [-0.2, -0.15) is 0 Å². The molecule has 0 radical (unpaired) electrons. The van der Waals surface area contributed by atoms with Crippen LogP contribution in [-0.4, -0.2) is 37.1 Å². The number of hydrogen-bond acceptors (Lipinski definition) is 5. The third-order valence-corrected chi connectivity index (χ3v) is 6.96. The average Bonchev–Trinajstić information content (AvgIpc) is 3.28. The number of rotatable bonds is 8. The van der Waals surface area contributed by atoms with E-state index in [-0.39, 0.29) is 5.91 Å². The standard InChI is InChI=1S/C25H32N4OS/c1-29(2)23-17-24(28-22-10-4-3-9-21(22)23)26-18-12-14-19(15-13-18)27-25(30)11-5-7-20-8-6-16-31-20/h3-4,6,8-10,16-19H,5,7,11-15H2,1-2H3,(H,26,28)(H,27,30)/t18-,19+. The Morgan fingerprint density at radius 3 is 2.61 bits per heavy atom. The number of fused-ring (bicyclic) bond motifs is 1. The van der Waals surface area contributed by atoms with Crippen molar-refractivity contribution < 1.29 is 4.79 Å². The summed E-state index contributed by atoms with van der Waals surface area (Å²) in [5.41, 5.74) is 2.19. The molecule has 0 unspecified atom stereocenters. The lowest BCUT2D eigenvalue weighted by atomic mass is 9.91. The highest BCUT2D eigenvalue weighted by Crippen LogP contribution is 2.29. The van der Waals surface area contributed by atoms with E-state index < -0.39 is 0 Å². The molecule has 4 rings (SSSR count). The van der Waals surface area contributed by atoms with E-state index in [2.05, 4.69) is 71.4 Å². The lowest BCUT2D eigenvalue weighted by molar-refractivity contribution is -0.122. The molecule has 0 bridgehead atoms. The first-order chi connectivity index (χ1) is 15.1. The third kappa shape index (κ3) is 5.76. The van der Waals surface area contributed by atoms with Crippen molar-refractivity contribution in [3.63, 3.8) is 0 Å². The number of carbonyl (C=O) groups is 1. The van der Waals surface area contributed by atoms with E-state index >= 15 is 0 Å². The molecule has 3 aromatic rings. The van der Waals surface area contributed by atoms with E-state index in [1.165, 1.54) is 16.0 Å². The number of thiophene rings is 1. The number of hydrogen-bond donors (Lipinski definition) is 2. The van der Waals surface area contributed by atoms with Gasteiger partial charge in [-0.15, -0.1) is 11.3 Å². The van der Waals surface area contributed by atoms with Crippen LogP contribution >= 0.6 is 11.3 Å². The Hall–Kier alpha value is -2.60. The first kappa shape index (κ1) is 21.6. The summed E-state index contributed by atoms with van der Waals surface area (Å²) >= 11 is 1.77. The van der Waals surface area contributed by atoms with Crippen LogP contribution in [0.1, 0.15) is 43.4 Å². The number of nitrogens with one attached hydrogen (secondary N) is 2. The summed E-state index contributed by atoms with van der Waals surface area (Å²) in [6, 6.07) is 15.3. The van der Waals surface area contributed by atoms with Crippen molar-refractivity contribution in [1.29, 1.82) is 0 Å². The number of pyridine rings is 1. The molecule has 1 aliphatic rings. The lowest BCUT2D eigenvalue weighted by Crippen LogP contribution is -2.40. The zero-order chi connectivity index (χ0) is 21.6. The summed E-state index contributed by atoms with van der Waals surface area (Å²) < 4.78 is 0. The van der Waals surface area contributed by atoms with Gasteiger partial charge in [0.1, 0.15) is 5.82 Å². The van der Waals surface area contributed by atoms with Crippen LogP contribution in [0.3, 0.4) is 0 Å². The fraction of sp³-hybridized carbons (Fsp3) is 0.440. The van der Waals surface area contributed by atoms with E-state index in [1.54, 1.807) is 11.3 Å². The Morgan fingerprint density at radius 2 is 1.87 bits per heavy atom. The van der Waals surface area contributed by atoms with E-state index in [0.29, 0.717) is 18.5 Å². The van der Waals surface area contributed by atoms with Crippen molar-refractivity contribution in [2.24, 2.45) is 0 Å². The Bertz CT molecular complexity index is 994. The van der Waals surface area contributed by atoms with Crippen LogP contribution in [-0.2, 0) is 11.2 Å². The first-order valence-electron chi connectivity index (χ1n) is 11.2. The third-order valence-electron chi connectivity index (χ3n) is 6.03. The number of carbonyl (C=O) groups excluding carboxylic acids is 1. The summed E-state index contributed by atoms with van der Waals surface area (Å²) in [5.74, 6) is 1.13. The average molecular weight is 437 g/mol. The second kappa shape index (κ2) is 10.1. The monoisotopic (exact) mass is 436 g/mol. The molecule has 5 nitrogen and oxygen atoms in total. The number of para-hydroxylation sites is 1. The number of amides is 1. The maximum Gasteiger partial charge on any atom is 0.220 e. The van der Waals surface area contributed by atoms with E-state index in [0.717, 1.165) is 49.9 Å². The molecule has 0 spiro atoms. The molecule has 2 heterocycles. The first-order valence-corrected chi connectivity index (χ1v) is 12.1. The molecule has 6 heteroatoms. The van der Waals surface area contributed by atoms with Crippen LogP contribution in [0.15, 0.2) is 47.8 Å². The Balaban J connectivity index is 1.26. The predicted octanol–water partition coefficient (Wildman–Crippen LogP) is 5.22. The fourth-order valence-electron chi connectivity index (χ4n) is 4.37. The van der Waals surface area contributed by atoms with Gasteiger partial charge < -0.3 is 15.5 Å². The molecular formula is C25H32N4OS. The minimum atomic E-state index is 0.194. The van der Waals surface area contributed by atoms with Crippen LogP contribution in [0.4, 0.5) is 11.5 Å². The number of nitrogens with zero attached hydrogens (tertiary/aromatic N) is 2. The van der Waals surface area contributed by atoms with Crippen molar-refractivity contribution >= 4 is 39.7 Å². The molecule has 1 aromatic carbocycles.